The molecule has 0 saturated heterocycles. The Kier molecular flexibility index (Phi) is 5.19. The SMILES string of the molecule is Cc1cc(-c2cc(NS(=O)(=O)C3CC3)ccc2Oc2ccc(F)cc2F)cc(C)n1. The van der Waals surface area contributed by atoms with E-state index in [-0.39, 0.29) is 11.0 Å². The van der Waals surface area contributed by atoms with Gasteiger partial charge in [-0.05, 0) is 74.7 Å². The van der Waals surface area contributed by atoms with Gasteiger partial charge < -0.3 is 4.74 Å². The third kappa shape index (κ3) is 4.43. The highest BCUT2D eigenvalue weighted by Gasteiger charge is 2.35. The molecule has 0 bridgehead atoms. The van der Waals surface area contributed by atoms with Crippen LogP contribution in [0.4, 0.5) is 14.5 Å². The number of hydrogen-bond donors (Lipinski definition) is 1. The number of halogens is 2. The number of aromatic nitrogens is 1. The predicted molar refractivity (Wildman–Crippen MR) is 111 cm³/mol. The number of aryl methyl sites for hydroxylation is 2. The Hall–Kier alpha value is -3.00. The number of hydrogen-bond acceptors (Lipinski definition) is 4. The topological polar surface area (TPSA) is 68.3 Å². The third-order valence-electron chi connectivity index (χ3n) is 4.71. The summed E-state index contributed by atoms with van der Waals surface area (Å²) in [5.74, 6) is -1.36. The van der Waals surface area contributed by atoms with E-state index in [9.17, 15) is 17.2 Å². The lowest BCUT2D eigenvalue weighted by Crippen LogP contribution is -2.17. The number of pyridine rings is 1. The fraction of sp³-hybridized carbons (Fsp3) is 0.227. The second-order valence-electron chi connectivity index (χ2n) is 7.37. The molecule has 4 rings (SSSR count). The van der Waals surface area contributed by atoms with E-state index in [1.807, 2.05) is 26.0 Å². The first kappa shape index (κ1) is 20.3. The maximum atomic E-state index is 14.1. The van der Waals surface area contributed by atoms with Crippen molar-refractivity contribution in [2.24, 2.45) is 0 Å². The molecule has 0 spiro atoms. The Bertz CT molecular complexity index is 1200. The van der Waals surface area contributed by atoms with Crippen LogP contribution in [0.15, 0.2) is 48.5 Å². The van der Waals surface area contributed by atoms with Crippen LogP contribution in [0.3, 0.4) is 0 Å². The predicted octanol–water partition coefficient (Wildman–Crippen LogP) is 5.34. The molecule has 1 aromatic heterocycles. The van der Waals surface area contributed by atoms with E-state index in [4.69, 9.17) is 4.74 Å². The second-order valence-corrected chi connectivity index (χ2v) is 9.33. The number of rotatable bonds is 6. The summed E-state index contributed by atoms with van der Waals surface area (Å²) in [6.07, 6.45) is 1.30. The summed E-state index contributed by atoms with van der Waals surface area (Å²) in [7, 11) is -3.44. The van der Waals surface area contributed by atoms with Crippen LogP contribution < -0.4 is 9.46 Å². The standard InChI is InChI=1S/C22H20F2N2O3S/c1-13-9-15(10-14(2)25-13)19-12-17(26-30(27,28)18-5-6-18)4-8-21(19)29-22-7-3-16(23)11-20(22)24/h3-4,7-12,18,26H,5-6H2,1-2H3. The second kappa shape index (κ2) is 7.68. The van der Waals surface area contributed by atoms with Crippen molar-refractivity contribution in [1.29, 1.82) is 0 Å². The van der Waals surface area contributed by atoms with Crippen molar-refractivity contribution in [2.45, 2.75) is 31.9 Å². The van der Waals surface area contributed by atoms with Crippen molar-refractivity contribution in [1.82, 2.24) is 4.98 Å². The van der Waals surface area contributed by atoms with Crippen LogP contribution in [0, 0.1) is 25.5 Å². The highest BCUT2D eigenvalue weighted by atomic mass is 32.2. The quantitative estimate of drug-likeness (QED) is 0.573. The van der Waals surface area contributed by atoms with Gasteiger partial charge in [0.05, 0.1) is 5.25 Å². The van der Waals surface area contributed by atoms with Crippen molar-refractivity contribution in [3.05, 3.63) is 71.6 Å². The van der Waals surface area contributed by atoms with Gasteiger partial charge in [0.2, 0.25) is 10.0 Å². The first-order chi connectivity index (χ1) is 14.2. The fourth-order valence-corrected chi connectivity index (χ4v) is 4.58. The van der Waals surface area contributed by atoms with Crippen molar-refractivity contribution in [3.8, 4) is 22.6 Å². The lowest BCUT2D eigenvalue weighted by atomic mass is 10.0. The normalized spacial score (nSPS) is 13.9. The summed E-state index contributed by atoms with van der Waals surface area (Å²) >= 11 is 0. The van der Waals surface area contributed by atoms with Gasteiger partial charge >= 0.3 is 0 Å². The molecule has 2 aromatic carbocycles. The van der Waals surface area contributed by atoms with Gasteiger partial charge in [-0.2, -0.15) is 0 Å². The number of ether oxygens (including phenoxy) is 1. The molecule has 0 radical (unpaired) electrons. The Balaban J connectivity index is 1.78. The van der Waals surface area contributed by atoms with Crippen LogP contribution in [0.25, 0.3) is 11.1 Å². The number of nitrogens with zero attached hydrogens (tertiary/aromatic N) is 1. The molecule has 1 fully saturated rings. The van der Waals surface area contributed by atoms with Crippen LogP contribution in [0.5, 0.6) is 11.5 Å². The lowest BCUT2D eigenvalue weighted by molar-refractivity contribution is 0.439. The maximum Gasteiger partial charge on any atom is 0.235 e. The van der Waals surface area contributed by atoms with Crippen molar-refractivity contribution in [2.75, 3.05) is 4.72 Å². The van der Waals surface area contributed by atoms with Gasteiger partial charge in [-0.1, -0.05) is 0 Å². The smallest absolute Gasteiger partial charge is 0.235 e. The molecule has 1 N–H and O–H groups in total. The molecule has 30 heavy (non-hydrogen) atoms. The monoisotopic (exact) mass is 430 g/mol. The summed E-state index contributed by atoms with van der Waals surface area (Å²) in [5.41, 5.74) is 3.23. The number of sulfonamides is 1. The van der Waals surface area contributed by atoms with Crippen LogP contribution in [0.1, 0.15) is 24.2 Å². The summed E-state index contributed by atoms with van der Waals surface area (Å²) in [5, 5.41) is -0.365. The van der Waals surface area contributed by atoms with E-state index in [0.717, 1.165) is 29.1 Å². The average molecular weight is 430 g/mol. The molecular weight excluding hydrogens is 410 g/mol. The molecule has 0 unspecified atom stereocenters. The maximum absolute atomic E-state index is 14.1. The summed E-state index contributed by atoms with van der Waals surface area (Å²) in [6, 6.07) is 11.5. The lowest BCUT2D eigenvalue weighted by Gasteiger charge is -2.15. The fourth-order valence-electron chi connectivity index (χ4n) is 3.20. The average Bonchev–Trinajstić information content (AvgIpc) is 3.50. The summed E-state index contributed by atoms with van der Waals surface area (Å²) in [6.45, 7) is 3.69. The van der Waals surface area contributed by atoms with Crippen molar-refractivity contribution >= 4 is 15.7 Å². The Morgan fingerprint density at radius 1 is 0.967 bits per heavy atom. The highest BCUT2D eigenvalue weighted by molar-refractivity contribution is 7.93. The van der Waals surface area contributed by atoms with E-state index in [1.165, 1.54) is 6.07 Å². The largest absolute Gasteiger partial charge is 0.454 e. The molecule has 1 aliphatic rings. The molecule has 5 nitrogen and oxygen atoms in total. The van der Waals surface area contributed by atoms with Gasteiger partial charge in [0.15, 0.2) is 11.6 Å². The Labute approximate surface area is 173 Å². The molecule has 1 aliphatic carbocycles. The van der Waals surface area contributed by atoms with E-state index in [1.54, 1.807) is 18.2 Å². The van der Waals surface area contributed by atoms with E-state index in [0.29, 0.717) is 29.8 Å². The molecule has 156 valence electrons. The van der Waals surface area contributed by atoms with Crippen LogP contribution in [-0.2, 0) is 10.0 Å². The Morgan fingerprint density at radius 2 is 1.63 bits per heavy atom. The van der Waals surface area contributed by atoms with Crippen molar-refractivity contribution < 1.29 is 21.9 Å². The first-order valence-electron chi connectivity index (χ1n) is 9.45. The minimum absolute atomic E-state index is 0.133. The molecule has 1 heterocycles. The molecule has 0 amide bonds. The van der Waals surface area contributed by atoms with Gasteiger partial charge in [0, 0.05) is 28.7 Å². The van der Waals surface area contributed by atoms with E-state index >= 15 is 0 Å². The minimum atomic E-state index is -3.44. The Morgan fingerprint density at radius 3 is 2.27 bits per heavy atom. The van der Waals surface area contributed by atoms with Crippen molar-refractivity contribution in [3.63, 3.8) is 0 Å². The van der Waals surface area contributed by atoms with Crippen LogP contribution >= 0.6 is 0 Å². The molecule has 1 saturated carbocycles. The molecular formula is C22H20F2N2O3S. The zero-order valence-corrected chi connectivity index (χ0v) is 17.3. The zero-order chi connectivity index (χ0) is 21.5. The van der Waals surface area contributed by atoms with E-state index in [2.05, 4.69) is 9.71 Å². The van der Waals surface area contributed by atoms with Crippen LogP contribution in [-0.4, -0.2) is 18.7 Å². The molecule has 0 atom stereocenters. The number of nitrogens with one attached hydrogen (secondary N) is 1. The minimum Gasteiger partial charge on any atom is -0.454 e. The zero-order valence-electron chi connectivity index (χ0n) is 16.4. The van der Waals surface area contributed by atoms with Gasteiger partial charge in [-0.25, -0.2) is 17.2 Å². The highest BCUT2D eigenvalue weighted by Crippen LogP contribution is 2.38. The van der Waals surface area contributed by atoms with Gasteiger partial charge in [-0.15, -0.1) is 0 Å². The summed E-state index contributed by atoms with van der Waals surface area (Å²) < 4.78 is 60.4. The molecule has 8 heteroatoms. The molecule has 3 aromatic rings. The third-order valence-corrected chi connectivity index (χ3v) is 6.58. The first-order valence-corrected chi connectivity index (χ1v) is 11.0. The van der Waals surface area contributed by atoms with Crippen LogP contribution in [0.2, 0.25) is 0 Å². The van der Waals surface area contributed by atoms with Gasteiger partial charge in [-0.3, -0.25) is 9.71 Å². The van der Waals surface area contributed by atoms with Gasteiger partial charge in [0.1, 0.15) is 11.6 Å². The number of benzene rings is 2. The van der Waals surface area contributed by atoms with E-state index < -0.39 is 21.7 Å². The summed E-state index contributed by atoms with van der Waals surface area (Å²) in [4.78, 5) is 4.36. The number of anilines is 1. The molecule has 0 aliphatic heterocycles. The van der Waals surface area contributed by atoms with Gasteiger partial charge in [0.25, 0.3) is 0 Å².